The van der Waals surface area contributed by atoms with E-state index < -0.39 is 0 Å². The Labute approximate surface area is 163 Å². The summed E-state index contributed by atoms with van der Waals surface area (Å²) in [5, 5.41) is 16.7. The van der Waals surface area contributed by atoms with E-state index in [1.54, 1.807) is 24.3 Å². The number of hydrogen-bond donors (Lipinski definition) is 3. The largest absolute Gasteiger partial charge is 0.379 e. The van der Waals surface area contributed by atoms with E-state index in [0.29, 0.717) is 18.1 Å². The number of hydrogen-bond acceptors (Lipinski definition) is 7. The number of ether oxygens (including phenoxy) is 1. The number of nitrogens with zero attached hydrogens (tertiary/aromatic N) is 3. The van der Waals surface area contributed by atoms with E-state index in [-0.39, 0.29) is 17.5 Å². The van der Waals surface area contributed by atoms with Crippen LogP contribution in [0.4, 0.5) is 17.2 Å². The van der Waals surface area contributed by atoms with Gasteiger partial charge in [0, 0.05) is 44.5 Å². The lowest BCUT2D eigenvalue weighted by Gasteiger charge is -2.26. The Morgan fingerprint density at radius 2 is 1.75 bits per heavy atom. The summed E-state index contributed by atoms with van der Waals surface area (Å²) in [6.45, 7) is 6.07. The SMILES string of the molecule is CC(=O)Nc1ccc(Nc2ccc(C(=O)NCCN3CCOCC3)nn2)cc1. The normalized spacial score (nSPS) is 14.3. The van der Waals surface area contributed by atoms with Gasteiger partial charge in [-0.25, -0.2) is 0 Å². The third kappa shape index (κ3) is 6.00. The minimum Gasteiger partial charge on any atom is -0.379 e. The number of nitrogens with one attached hydrogen (secondary N) is 3. The topological polar surface area (TPSA) is 108 Å². The summed E-state index contributed by atoms with van der Waals surface area (Å²) in [5.74, 6) is 0.162. The molecule has 0 spiro atoms. The van der Waals surface area contributed by atoms with Crippen molar-refractivity contribution in [3.8, 4) is 0 Å². The predicted octanol–water partition coefficient (Wildman–Crippen LogP) is 1.24. The summed E-state index contributed by atoms with van der Waals surface area (Å²) in [7, 11) is 0. The molecule has 0 unspecified atom stereocenters. The molecular weight excluding hydrogens is 360 g/mol. The van der Waals surface area contributed by atoms with Crippen LogP contribution in [0.1, 0.15) is 17.4 Å². The maximum Gasteiger partial charge on any atom is 0.271 e. The number of benzene rings is 1. The molecule has 9 nitrogen and oxygen atoms in total. The lowest BCUT2D eigenvalue weighted by atomic mass is 10.2. The highest BCUT2D eigenvalue weighted by Gasteiger charge is 2.12. The summed E-state index contributed by atoms with van der Waals surface area (Å²) in [6, 6.07) is 10.5. The Morgan fingerprint density at radius 1 is 1.04 bits per heavy atom. The molecule has 1 aliphatic rings. The lowest BCUT2D eigenvalue weighted by molar-refractivity contribution is -0.114. The molecule has 1 fully saturated rings. The number of morpholine rings is 1. The van der Waals surface area contributed by atoms with Crippen molar-refractivity contribution in [1.29, 1.82) is 0 Å². The van der Waals surface area contributed by atoms with Crippen LogP contribution in [0, 0.1) is 0 Å². The zero-order chi connectivity index (χ0) is 19.8. The van der Waals surface area contributed by atoms with Crippen molar-refractivity contribution in [2.75, 3.05) is 50.0 Å². The fraction of sp³-hybridized carbons (Fsp3) is 0.368. The molecule has 0 radical (unpaired) electrons. The average molecular weight is 384 g/mol. The zero-order valence-corrected chi connectivity index (χ0v) is 15.8. The molecular formula is C19H24N6O3. The molecule has 3 rings (SSSR count). The standard InChI is InChI=1S/C19H24N6O3/c1-14(26)21-15-2-4-16(5-3-15)22-18-7-6-17(23-24-18)19(27)20-8-9-25-10-12-28-13-11-25/h2-7H,8-13H2,1H3,(H,20,27)(H,21,26)(H,22,24). The fourth-order valence-electron chi connectivity index (χ4n) is 2.75. The molecule has 2 aromatic rings. The molecule has 2 heterocycles. The van der Waals surface area contributed by atoms with Gasteiger partial charge >= 0.3 is 0 Å². The van der Waals surface area contributed by atoms with Crippen molar-refractivity contribution in [3.05, 3.63) is 42.1 Å². The van der Waals surface area contributed by atoms with Crippen molar-refractivity contribution in [2.24, 2.45) is 0 Å². The molecule has 2 amide bonds. The minimum absolute atomic E-state index is 0.120. The van der Waals surface area contributed by atoms with E-state index in [1.807, 2.05) is 12.1 Å². The molecule has 0 atom stereocenters. The van der Waals surface area contributed by atoms with Gasteiger partial charge in [-0.2, -0.15) is 0 Å². The van der Waals surface area contributed by atoms with E-state index in [9.17, 15) is 9.59 Å². The van der Waals surface area contributed by atoms with Gasteiger partial charge < -0.3 is 20.7 Å². The average Bonchev–Trinajstić information content (AvgIpc) is 2.70. The fourth-order valence-corrected chi connectivity index (χ4v) is 2.75. The second-order valence-corrected chi connectivity index (χ2v) is 6.40. The second kappa shape index (κ2) is 9.77. The van der Waals surface area contributed by atoms with E-state index in [2.05, 4.69) is 31.0 Å². The molecule has 3 N–H and O–H groups in total. The molecule has 0 aliphatic carbocycles. The highest BCUT2D eigenvalue weighted by molar-refractivity contribution is 5.92. The van der Waals surface area contributed by atoms with Crippen LogP contribution in [-0.4, -0.2) is 66.3 Å². The van der Waals surface area contributed by atoms with Gasteiger partial charge in [-0.3, -0.25) is 14.5 Å². The van der Waals surface area contributed by atoms with Gasteiger partial charge in [-0.1, -0.05) is 0 Å². The first-order valence-corrected chi connectivity index (χ1v) is 9.17. The van der Waals surface area contributed by atoms with Crippen LogP contribution in [0.5, 0.6) is 0 Å². The monoisotopic (exact) mass is 384 g/mol. The first kappa shape index (κ1) is 19.7. The molecule has 0 saturated carbocycles. The van der Waals surface area contributed by atoms with Crippen LogP contribution in [0.2, 0.25) is 0 Å². The van der Waals surface area contributed by atoms with Crippen molar-refractivity contribution >= 4 is 29.0 Å². The Morgan fingerprint density at radius 3 is 2.39 bits per heavy atom. The summed E-state index contributed by atoms with van der Waals surface area (Å²) >= 11 is 0. The molecule has 1 saturated heterocycles. The third-order valence-corrected chi connectivity index (χ3v) is 4.19. The van der Waals surface area contributed by atoms with Gasteiger partial charge in [0.05, 0.1) is 13.2 Å². The van der Waals surface area contributed by atoms with Gasteiger partial charge in [0.1, 0.15) is 0 Å². The van der Waals surface area contributed by atoms with Crippen molar-refractivity contribution < 1.29 is 14.3 Å². The quantitative estimate of drug-likeness (QED) is 0.659. The van der Waals surface area contributed by atoms with Gasteiger partial charge in [0.25, 0.3) is 5.91 Å². The number of carbonyl (C=O) groups excluding carboxylic acids is 2. The predicted molar refractivity (Wildman–Crippen MR) is 106 cm³/mol. The van der Waals surface area contributed by atoms with Crippen LogP contribution >= 0.6 is 0 Å². The maximum atomic E-state index is 12.2. The molecule has 1 aromatic heterocycles. The van der Waals surface area contributed by atoms with Crippen LogP contribution in [0.25, 0.3) is 0 Å². The highest BCUT2D eigenvalue weighted by atomic mass is 16.5. The smallest absolute Gasteiger partial charge is 0.271 e. The zero-order valence-electron chi connectivity index (χ0n) is 15.8. The van der Waals surface area contributed by atoms with Gasteiger partial charge in [0.15, 0.2) is 11.5 Å². The summed E-state index contributed by atoms with van der Waals surface area (Å²) in [4.78, 5) is 25.5. The number of rotatable bonds is 7. The van der Waals surface area contributed by atoms with Crippen LogP contribution in [0.3, 0.4) is 0 Å². The van der Waals surface area contributed by atoms with Crippen LogP contribution in [-0.2, 0) is 9.53 Å². The van der Waals surface area contributed by atoms with E-state index in [4.69, 9.17) is 4.74 Å². The molecule has 1 aliphatic heterocycles. The molecule has 0 bridgehead atoms. The number of carbonyl (C=O) groups is 2. The van der Waals surface area contributed by atoms with Gasteiger partial charge in [-0.15, -0.1) is 10.2 Å². The Balaban J connectivity index is 1.47. The van der Waals surface area contributed by atoms with Crippen molar-refractivity contribution in [1.82, 2.24) is 20.4 Å². The van der Waals surface area contributed by atoms with E-state index in [0.717, 1.165) is 38.5 Å². The summed E-state index contributed by atoms with van der Waals surface area (Å²) in [6.07, 6.45) is 0. The van der Waals surface area contributed by atoms with Crippen LogP contribution in [0.15, 0.2) is 36.4 Å². The Hall–Kier alpha value is -3.04. The third-order valence-electron chi connectivity index (χ3n) is 4.19. The van der Waals surface area contributed by atoms with E-state index >= 15 is 0 Å². The van der Waals surface area contributed by atoms with Gasteiger partial charge in [-0.05, 0) is 36.4 Å². The molecule has 1 aromatic carbocycles. The Kier molecular flexibility index (Phi) is 6.88. The van der Waals surface area contributed by atoms with Gasteiger partial charge in [0.2, 0.25) is 5.91 Å². The summed E-state index contributed by atoms with van der Waals surface area (Å²) < 4.78 is 5.30. The molecule has 148 valence electrons. The number of anilines is 3. The van der Waals surface area contributed by atoms with Crippen molar-refractivity contribution in [2.45, 2.75) is 6.92 Å². The maximum absolute atomic E-state index is 12.2. The number of amides is 2. The van der Waals surface area contributed by atoms with Crippen molar-refractivity contribution in [3.63, 3.8) is 0 Å². The lowest BCUT2D eigenvalue weighted by Crippen LogP contribution is -2.41. The molecule has 9 heteroatoms. The first-order chi connectivity index (χ1) is 13.6. The Bertz CT molecular complexity index is 788. The van der Waals surface area contributed by atoms with Crippen LogP contribution < -0.4 is 16.0 Å². The second-order valence-electron chi connectivity index (χ2n) is 6.40. The number of aromatic nitrogens is 2. The van der Waals surface area contributed by atoms with E-state index in [1.165, 1.54) is 6.92 Å². The minimum atomic E-state index is -0.244. The molecule has 28 heavy (non-hydrogen) atoms. The summed E-state index contributed by atoms with van der Waals surface area (Å²) in [5.41, 5.74) is 1.79. The highest BCUT2D eigenvalue weighted by Crippen LogP contribution is 2.17. The first-order valence-electron chi connectivity index (χ1n) is 9.17.